The summed E-state index contributed by atoms with van der Waals surface area (Å²) in [6, 6.07) is 6.37. The van der Waals surface area contributed by atoms with Crippen LogP contribution in [0.1, 0.15) is 37.0 Å². The number of nitrogens with two attached hydrogens (primary N) is 1. The van der Waals surface area contributed by atoms with E-state index >= 15 is 0 Å². The summed E-state index contributed by atoms with van der Waals surface area (Å²) in [7, 11) is 3.25. The van der Waals surface area contributed by atoms with Gasteiger partial charge < -0.3 is 20.1 Å². The molecule has 0 saturated carbocycles. The Kier molecular flexibility index (Phi) is 7.68. The molecule has 1 saturated heterocycles. The molecule has 1 fully saturated rings. The number of likely N-dealkylation sites (N-methyl/N-ethyl adjacent to an activating group) is 1. The number of hydrogen-bond acceptors (Lipinski definition) is 7. The van der Waals surface area contributed by atoms with Gasteiger partial charge in [0.25, 0.3) is 5.56 Å². The van der Waals surface area contributed by atoms with Crippen molar-refractivity contribution in [1.29, 1.82) is 0 Å². The summed E-state index contributed by atoms with van der Waals surface area (Å²) >= 11 is 0. The molecule has 2 amide bonds. The average molecular weight is 561 g/mol. The molecule has 3 aromatic rings. The van der Waals surface area contributed by atoms with E-state index in [9.17, 15) is 19.2 Å². The van der Waals surface area contributed by atoms with Gasteiger partial charge in [0.05, 0.1) is 12.2 Å². The summed E-state index contributed by atoms with van der Waals surface area (Å²) in [5, 5.41) is 0. The van der Waals surface area contributed by atoms with E-state index < -0.39 is 23.6 Å². The number of fused-ring (bicyclic) bond motifs is 1. The molecule has 0 bridgehead atoms. The molecule has 1 aromatic carbocycles. The van der Waals surface area contributed by atoms with E-state index in [1.807, 2.05) is 30.6 Å². The third kappa shape index (κ3) is 5.34. The highest BCUT2D eigenvalue weighted by atomic mass is 16.2. The number of aryl methyl sites for hydroxylation is 1. The van der Waals surface area contributed by atoms with Crippen molar-refractivity contribution < 1.29 is 9.59 Å². The molecule has 2 aliphatic heterocycles. The monoisotopic (exact) mass is 560 g/mol. The lowest BCUT2D eigenvalue weighted by atomic mass is 10.1. The van der Waals surface area contributed by atoms with Gasteiger partial charge in [-0.2, -0.15) is 4.98 Å². The van der Waals surface area contributed by atoms with Crippen molar-refractivity contribution in [3.8, 4) is 0 Å². The molecular weight excluding hydrogens is 524 g/mol. The molecule has 41 heavy (non-hydrogen) atoms. The van der Waals surface area contributed by atoms with Gasteiger partial charge in [0, 0.05) is 58.1 Å². The summed E-state index contributed by atoms with van der Waals surface area (Å²) in [4.78, 5) is 63.2. The first-order valence-corrected chi connectivity index (χ1v) is 13.7. The number of piperidine rings is 1. The predicted molar refractivity (Wildman–Crippen MR) is 159 cm³/mol. The molecule has 5 rings (SSSR count). The van der Waals surface area contributed by atoms with E-state index in [1.165, 1.54) is 9.47 Å². The molecule has 2 aromatic heterocycles. The summed E-state index contributed by atoms with van der Waals surface area (Å²) in [5.41, 5.74) is 7.43. The van der Waals surface area contributed by atoms with Crippen LogP contribution in [0.15, 0.2) is 57.8 Å². The molecule has 1 atom stereocenters. The smallest absolute Gasteiger partial charge is 0.332 e. The summed E-state index contributed by atoms with van der Waals surface area (Å²) in [6.45, 7) is 5.72. The Morgan fingerprint density at radius 2 is 1.93 bits per heavy atom. The minimum absolute atomic E-state index is 0.00884. The summed E-state index contributed by atoms with van der Waals surface area (Å²) in [6.07, 6.45) is 7.32. The molecule has 0 aliphatic carbocycles. The van der Waals surface area contributed by atoms with Gasteiger partial charge in [0.2, 0.25) is 5.95 Å². The van der Waals surface area contributed by atoms with Crippen LogP contribution in [0.5, 0.6) is 0 Å². The number of Topliss-reactive ketones (excluding diaryl/α,β-unsaturated/α-hetero) is 1. The Bertz CT molecular complexity index is 1690. The second kappa shape index (κ2) is 11.2. The number of allylic oxidation sites excluding steroid dienone is 2. The first-order valence-electron chi connectivity index (χ1n) is 13.7. The number of nitrogens with zero attached hydrogens (tertiary/aromatic N) is 7. The minimum Gasteiger partial charge on any atom is -0.341 e. The van der Waals surface area contributed by atoms with Gasteiger partial charge in [-0.3, -0.25) is 23.6 Å². The Hall–Kier alpha value is -4.45. The fourth-order valence-corrected chi connectivity index (χ4v) is 5.28. The maximum Gasteiger partial charge on any atom is 0.332 e. The largest absolute Gasteiger partial charge is 0.341 e. The number of imidazole rings is 1. The molecule has 2 aliphatic rings. The van der Waals surface area contributed by atoms with E-state index in [0.717, 1.165) is 29.5 Å². The van der Waals surface area contributed by atoms with E-state index in [0.29, 0.717) is 31.3 Å². The highest BCUT2D eigenvalue weighted by Crippen LogP contribution is 2.24. The van der Waals surface area contributed by atoms with Crippen molar-refractivity contribution in [3.05, 3.63) is 74.6 Å². The van der Waals surface area contributed by atoms with E-state index in [-0.39, 0.29) is 28.8 Å². The number of hydrogen-bond donors (Lipinski definition) is 1. The molecule has 4 heterocycles. The van der Waals surface area contributed by atoms with Crippen molar-refractivity contribution in [3.63, 3.8) is 0 Å². The van der Waals surface area contributed by atoms with Crippen LogP contribution < -0.4 is 26.8 Å². The second-order valence-electron chi connectivity index (χ2n) is 10.9. The fraction of sp³-hybridized carbons (Fsp3) is 0.414. The number of aromatic nitrogens is 4. The molecule has 12 nitrogen and oxygen atoms in total. The van der Waals surface area contributed by atoms with E-state index in [4.69, 9.17) is 10.7 Å². The molecular formula is C29H36N8O4. The number of rotatable bonds is 7. The van der Waals surface area contributed by atoms with Crippen molar-refractivity contribution in [1.82, 2.24) is 23.6 Å². The van der Waals surface area contributed by atoms with Gasteiger partial charge in [-0.1, -0.05) is 23.8 Å². The Morgan fingerprint density at radius 3 is 2.66 bits per heavy atom. The van der Waals surface area contributed by atoms with Gasteiger partial charge >= 0.3 is 11.7 Å². The Morgan fingerprint density at radius 1 is 1.15 bits per heavy atom. The molecule has 2 N–H and O–H groups in total. The first kappa shape index (κ1) is 28.1. The Labute approximate surface area is 237 Å². The number of ketones is 1. The standard InChI is InChI=1S/C29H36N8O4/c1-19(2)11-15-36-24-25(31-27(36)34-13-6-9-21(30)17-34)33(4)29(41)37(26(24)39)18-23(38)20-8-5-10-22(16-20)35-14-7-12-32(3)28(35)40/h5,7-8,10-11,14,16,21H,6,9,12-13,15,17-18,30H2,1-4H3. The highest BCUT2D eigenvalue weighted by molar-refractivity contribution is 5.99. The SMILES string of the molecule is CC(C)=CCn1c(N2CCCC(N)C2)nc2c1c(=O)n(CC(=O)c1cccc(N3C=CCN(C)C3=O)c1)c(=O)n2C. The maximum atomic E-state index is 13.9. The zero-order valence-electron chi connectivity index (χ0n) is 23.9. The molecule has 216 valence electrons. The highest BCUT2D eigenvalue weighted by Gasteiger charge is 2.27. The number of amides is 2. The van der Waals surface area contributed by atoms with Gasteiger partial charge in [-0.25, -0.2) is 9.59 Å². The normalized spacial score (nSPS) is 17.4. The number of benzene rings is 1. The third-order valence-corrected chi connectivity index (χ3v) is 7.55. The van der Waals surface area contributed by atoms with Crippen molar-refractivity contribution >= 4 is 34.6 Å². The van der Waals surface area contributed by atoms with Crippen molar-refractivity contribution in [2.24, 2.45) is 12.8 Å². The molecule has 12 heteroatoms. The average Bonchev–Trinajstić information content (AvgIpc) is 3.34. The second-order valence-corrected chi connectivity index (χ2v) is 10.9. The summed E-state index contributed by atoms with van der Waals surface area (Å²) in [5.74, 6) is 0.158. The topological polar surface area (TPSA) is 132 Å². The lowest BCUT2D eigenvalue weighted by Crippen LogP contribution is -2.44. The lowest BCUT2D eigenvalue weighted by Gasteiger charge is -2.31. The van der Waals surface area contributed by atoms with Crippen LogP contribution in [-0.4, -0.2) is 68.1 Å². The van der Waals surface area contributed by atoms with Gasteiger partial charge in [-0.05, 0) is 44.9 Å². The lowest BCUT2D eigenvalue weighted by molar-refractivity contribution is 0.0969. The van der Waals surface area contributed by atoms with Crippen LogP contribution in [0.3, 0.4) is 0 Å². The number of carbonyl (C=O) groups excluding carboxylic acids is 2. The van der Waals surface area contributed by atoms with Crippen LogP contribution >= 0.6 is 0 Å². The summed E-state index contributed by atoms with van der Waals surface area (Å²) < 4.78 is 4.10. The molecule has 1 unspecified atom stereocenters. The quantitative estimate of drug-likeness (QED) is 0.346. The first-order chi connectivity index (χ1) is 19.6. The van der Waals surface area contributed by atoms with Crippen molar-refractivity contribution in [2.45, 2.75) is 45.8 Å². The molecule has 0 radical (unpaired) electrons. The van der Waals surface area contributed by atoms with Crippen LogP contribution in [0.25, 0.3) is 11.2 Å². The van der Waals surface area contributed by atoms with Gasteiger partial charge in [-0.15, -0.1) is 0 Å². The fourth-order valence-electron chi connectivity index (χ4n) is 5.28. The Balaban J connectivity index is 1.56. The zero-order valence-corrected chi connectivity index (χ0v) is 23.9. The van der Waals surface area contributed by atoms with Crippen LogP contribution in [0, 0.1) is 0 Å². The zero-order chi connectivity index (χ0) is 29.4. The van der Waals surface area contributed by atoms with E-state index in [2.05, 4.69) is 4.90 Å². The number of carbonyl (C=O) groups is 2. The third-order valence-electron chi connectivity index (χ3n) is 7.55. The van der Waals surface area contributed by atoms with Crippen LogP contribution in [0.4, 0.5) is 16.4 Å². The number of urea groups is 1. The maximum absolute atomic E-state index is 13.9. The van der Waals surface area contributed by atoms with Crippen molar-refractivity contribution in [2.75, 3.05) is 36.5 Å². The van der Waals surface area contributed by atoms with Crippen LogP contribution in [-0.2, 0) is 20.1 Å². The van der Waals surface area contributed by atoms with E-state index in [1.54, 1.807) is 49.5 Å². The number of anilines is 2. The molecule has 0 spiro atoms. The predicted octanol–water partition coefficient (Wildman–Crippen LogP) is 2.06. The van der Waals surface area contributed by atoms with Crippen LogP contribution in [0.2, 0.25) is 0 Å². The van der Waals surface area contributed by atoms with Gasteiger partial charge in [0.15, 0.2) is 16.9 Å². The minimum atomic E-state index is -0.628. The van der Waals surface area contributed by atoms with Gasteiger partial charge in [0.1, 0.15) is 0 Å².